The van der Waals surface area contributed by atoms with Crippen molar-refractivity contribution in [2.75, 3.05) is 38.3 Å². The first-order chi connectivity index (χ1) is 16.4. The molecule has 1 saturated heterocycles. The fourth-order valence-corrected chi connectivity index (χ4v) is 4.69. The van der Waals surface area contributed by atoms with Crippen LogP contribution in [0.25, 0.3) is 5.69 Å². The summed E-state index contributed by atoms with van der Waals surface area (Å²) >= 11 is 1.31. The van der Waals surface area contributed by atoms with Crippen LogP contribution >= 0.6 is 11.8 Å². The number of carbonyl (C=O) groups excluding carboxylic acids is 1. The molecule has 1 amide bonds. The summed E-state index contributed by atoms with van der Waals surface area (Å²) in [5.74, 6) is 0.492. The van der Waals surface area contributed by atoms with Crippen molar-refractivity contribution in [1.82, 2.24) is 24.6 Å². The SMILES string of the molecule is CC(c1nnc(SCC(=O)Nc2ccc(CN3CCCC3)cc2)n1-c1ccc(F)cc1)N(C)C. The second-order valence-electron chi connectivity index (χ2n) is 8.81. The van der Waals surface area contributed by atoms with E-state index in [1.807, 2.05) is 42.6 Å². The molecule has 180 valence electrons. The molecule has 0 radical (unpaired) electrons. The highest BCUT2D eigenvalue weighted by Gasteiger charge is 2.21. The molecule has 0 aliphatic carbocycles. The van der Waals surface area contributed by atoms with E-state index in [4.69, 9.17) is 0 Å². The minimum atomic E-state index is -0.306. The number of aromatic nitrogens is 3. The summed E-state index contributed by atoms with van der Waals surface area (Å²) in [5, 5.41) is 12.2. The topological polar surface area (TPSA) is 66.3 Å². The second-order valence-corrected chi connectivity index (χ2v) is 9.75. The van der Waals surface area contributed by atoms with Crippen LogP contribution in [-0.4, -0.2) is 63.4 Å². The highest BCUT2D eigenvalue weighted by atomic mass is 32.2. The normalized spacial score (nSPS) is 15.1. The van der Waals surface area contributed by atoms with Crippen molar-refractivity contribution < 1.29 is 9.18 Å². The number of amides is 1. The maximum atomic E-state index is 13.5. The molecule has 0 spiro atoms. The fraction of sp³-hybridized carbons (Fsp3) is 0.400. The molecule has 3 aromatic rings. The quantitative estimate of drug-likeness (QED) is 0.457. The van der Waals surface area contributed by atoms with Gasteiger partial charge in [-0.15, -0.1) is 10.2 Å². The van der Waals surface area contributed by atoms with Gasteiger partial charge in [0.2, 0.25) is 5.91 Å². The Morgan fingerprint density at radius 1 is 1.09 bits per heavy atom. The van der Waals surface area contributed by atoms with Gasteiger partial charge in [0.05, 0.1) is 11.8 Å². The number of nitrogens with one attached hydrogen (secondary N) is 1. The van der Waals surface area contributed by atoms with E-state index in [1.54, 1.807) is 12.1 Å². The number of thioether (sulfide) groups is 1. The predicted molar refractivity (Wildman–Crippen MR) is 134 cm³/mol. The van der Waals surface area contributed by atoms with E-state index in [1.165, 1.54) is 42.3 Å². The van der Waals surface area contributed by atoms with Crippen LogP contribution in [0, 0.1) is 5.82 Å². The minimum Gasteiger partial charge on any atom is -0.325 e. The number of benzene rings is 2. The van der Waals surface area contributed by atoms with Crippen molar-refractivity contribution >= 4 is 23.4 Å². The van der Waals surface area contributed by atoms with E-state index in [9.17, 15) is 9.18 Å². The number of rotatable bonds is 9. The molecule has 1 aliphatic rings. The zero-order chi connectivity index (χ0) is 24.1. The lowest BCUT2D eigenvalue weighted by Crippen LogP contribution is -2.21. The summed E-state index contributed by atoms with van der Waals surface area (Å²) in [4.78, 5) is 17.1. The van der Waals surface area contributed by atoms with E-state index in [0.29, 0.717) is 5.16 Å². The van der Waals surface area contributed by atoms with Crippen LogP contribution in [0.1, 0.15) is 37.2 Å². The summed E-state index contributed by atoms with van der Waals surface area (Å²) in [5.41, 5.74) is 2.79. The minimum absolute atomic E-state index is 0.0141. The Balaban J connectivity index is 1.41. The molecular formula is C25H31FN6OS. The summed E-state index contributed by atoms with van der Waals surface area (Å²) in [6, 6.07) is 14.2. The number of anilines is 1. The molecule has 0 saturated carbocycles. The molecule has 1 unspecified atom stereocenters. The van der Waals surface area contributed by atoms with Gasteiger partial charge in [0.25, 0.3) is 0 Å². The van der Waals surface area contributed by atoms with Gasteiger partial charge in [-0.2, -0.15) is 0 Å². The van der Waals surface area contributed by atoms with E-state index in [2.05, 4.69) is 32.5 Å². The second kappa shape index (κ2) is 11.1. The molecule has 1 N–H and O–H groups in total. The Morgan fingerprint density at radius 3 is 2.41 bits per heavy atom. The Morgan fingerprint density at radius 2 is 1.76 bits per heavy atom. The Bertz CT molecular complexity index is 1090. The van der Waals surface area contributed by atoms with Crippen LogP contribution in [0.2, 0.25) is 0 Å². The van der Waals surface area contributed by atoms with Crippen LogP contribution in [0.15, 0.2) is 53.7 Å². The maximum Gasteiger partial charge on any atom is 0.234 e. The largest absolute Gasteiger partial charge is 0.325 e. The molecule has 1 atom stereocenters. The molecule has 1 aromatic heterocycles. The van der Waals surface area contributed by atoms with Gasteiger partial charge in [0.15, 0.2) is 11.0 Å². The summed E-state index contributed by atoms with van der Waals surface area (Å²) in [6.07, 6.45) is 2.55. The van der Waals surface area contributed by atoms with Gasteiger partial charge in [0.1, 0.15) is 5.82 Å². The lowest BCUT2D eigenvalue weighted by atomic mass is 10.2. The maximum absolute atomic E-state index is 13.5. The first kappa shape index (κ1) is 24.4. The average Bonchev–Trinajstić information content (AvgIpc) is 3.49. The smallest absolute Gasteiger partial charge is 0.234 e. The molecule has 2 aromatic carbocycles. The summed E-state index contributed by atoms with van der Waals surface area (Å²) < 4.78 is 15.4. The van der Waals surface area contributed by atoms with E-state index < -0.39 is 0 Å². The Labute approximate surface area is 204 Å². The molecular weight excluding hydrogens is 451 g/mol. The van der Waals surface area contributed by atoms with Crippen molar-refractivity contribution in [3.63, 3.8) is 0 Å². The number of halogens is 1. The highest BCUT2D eigenvalue weighted by molar-refractivity contribution is 7.99. The monoisotopic (exact) mass is 482 g/mol. The van der Waals surface area contributed by atoms with Gasteiger partial charge in [-0.05, 0) is 88.9 Å². The average molecular weight is 483 g/mol. The van der Waals surface area contributed by atoms with Crippen LogP contribution in [0.5, 0.6) is 0 Å². The van der Waals surface area contributed by atoms with Gasteiger partial charge in [-0.1, -0.05) is 23.9 Å². The van der Waals surface area contributed by atoms with Crippen molar-refractivity contribution in [1.29, 1.82) is 0 Å². The van der Waals surface area contributed by atoms with Gasteiger partial charge < -0.3 is 5.32 Å². The number of carbonyl (C=O) groups is 1. The highest BCUT2D eigenvalue weighted by Crippen LogP contribution is 2.27. The fourth-order valence-electron chi connectivity index (χ4n) is 3.93. The lowest BCUT2D eigenvalue weighted by Gasteiger charge is -2.20. The molecule has 0 bridgehead atoms. The first-order valence-corrected chi connectivity index (χ1v) is 12.5. The first-order valence-electron chi connectivity index (χ1n) is 11.5. The third-order valence-corrected chi connectivity index (χ3v) is 7.00. The van der Waals surface area contributed by atoms with Crippen LogP contribution < -0.4 is 5.32 Å². The standard InChI is InChI=1S/C25H31FN6OS/c1-18(30(2)3)24-28-29-25(32(24)22-12-8-20(26)9-13-22)34-17-23(33)27-21-10-6-19(7-11-21)16-31-14-4-5-15-31/h6-13,18H,4-5,14-17H2,1-3H3,(H,27,33). The van der Waals surface area contributed by atoms with E-state index >= 15 is 0 Å². The van der Waals surface area contributed by atoms with Crippen molar-refractivity contribution in [2.24, 2.45) is 0 Å². The number of hydrogen-bond donors (Lipinski definition) is 1. The third kappa shape index (κ3) is 6.02. The molecule has 9 heteroatoms. The number of nitrogens with zero attached hydrogens (tertiary/aromatic N) is 5. The zero-order valence-corrected chi connectivity index (χ0v) is 20.7. The van der Waals surface area contributed by atoms with E-state index in [-0.39, 0.29) is 23.5 Å². The zero-order valence-electron chi connectivity index (χ0n) is 19.9. The molecule has 7 nitrogen and oxygen atoms in total. The van der Waals surface area contributed by atoms with Crippen molar-refractivity contribution in [2.45, 2.75) is 37.5 Å². The van der Waals surface area contributed by atoms with Crippen molar-refractivity contribution in [3.8, 4) is 5.69 Å². The number of hydrogen-bond acceptors (Lipinski definition) is 6. The van der Waals surface area contributed by atoms with Crippen molar-refractivity contribution in [3.05, 3.63) is 65.7 Å². The molecule has 1 aliphatic heterocycles. The van der Waals surface area contributed by atoms with E-state index in [0.717, 1.165) is 36.8 Å². The molecule has 2 heterocycles. The predicted octanol–water partition coefficient (Wildman–Crippen LogP) is 4.36. The Kier molecular flexibility index (Phi) is 7.97. The number of likely N-dealkylation sites (tertiary alicyclic amines) is 1. The molecule has 34 heavy (non-hydrogen) atoms. The summed E-state index contributed by atoms with van der Waals surface area (Å²) in [7, 11) is 3.93. The molecule has 4 rings (SSSR count). The summed E-state index contributed by atoms with van der Waals surface area (Å²) in [6.45, 7) is 5.30. The van der Waals surface area contributed by atoms with Crippen LogP contribution in [0.4, 0.5) is 10.1 Å². The van der Waals surface area contributed by atoms with Gasteiger partial charge >= 0.3 is 0 Å². The van der Waals surface area contributed by atoms with Gasteiger partial charge in [-0.3, -0.25) is 19.2 Å². The van der Waals surface area contributed by atoms with Crippen LogP contribution in [-0.2, 0) is 11.3 Å². The lowest BCUT2D eigenvalue weighted by molar-refractivity contribution is -0.113. The van der Waals surface area contributed by atoms with Gasteiger partial charge in [-0.25, -0.2) is 4.39 Å². The Hall–Kier alpha value is -2.75. The third-order valence-electron chi connectivity index (χ3n) is 6.07. The molecule has 1 fully saturated rings. The van der Waals surface area contributed by atoms with Crippen LogP contribution in [0.3, 0.4) is 0 Å². The van der Waals surface area contributed by atoms with Gasteiger partial charge in [0, 0.05) is 17.9 Å².